The minimum atomic E-state index is -0.0832. The zero-order valence-corrected chi connectivity index (χ0v) is 15.1. The maximum absolute atomic E-state index is 12.3. The van der Waals surface area contributed by atoms with Crippen LogP contribution in [0, 0.1) is 12.8 Å². The van der Waals surface area contributed by atoms with Crippen molar-refractivity contribution in [3.63, 3.8) is 0 Å². The quantitative estimate of drug-likeness (QED) is 0.852. The molecule has 0 atom stereocenters. The number of anilines is 2. The van der Waals surface area contributed by atoms with Crippen LogP contribution in [0.3, 0.4) is 0 Å². The number of carbonyl (C=O) groups excluding carboxylic acids is 2. The van der Waals surface area contributed by atoms with Crippen molar-refractivity contribution in [2.24, 2.45) is 5.92 Å². The zero-order chi connectivity index (χ0) is 18.4. The molecule has 0 spiro atoms. The monoisotopic (exact) mass is 351 g/mol. The molecular weight excluding hydrogens is 326 g/mol. The number of amides is 2. The van der Waals surface area contributed by atoms with Gasteiger partial charge in [-0.3, -0.25) is 9.59 Å². The van der Waals surface area contributed by atoms with Crippen molar-refractivity contribution in [2.45, 2.75) is 45.4 Å². The molecule has 1 aliphatic carbocycles. The van der Waals surface area contributed by atoms with Gasteiger partial charge >= 0.3 is 0 Å². The van der Waals surface area contributed by atoms with Gasteiger partial charge in [0.25, 0.3) is 0 Å². The fourth-order valence-corrected chi connectivity index (χ4v) is 3.32. The first-order valence-electron chi connectivity index (χ1n) is 9.23. The Morgan fingerprint density at radius 3 is 2.50 bits per heavy atom. The van der Waals surface area contributed by atoms with Gasteiger partial charge in [-0.1, -0.05) is 49.6 Å². The molecule has 1 saturated carbocycles. The molecule has 0 saturated heterocycles. The number of nitrogens with zero attached hydrogens (tertiary/aromatic N) is 1. The minimum Gasteiger partial charge on any atom is -0.324 e. The average molecular weight is 351 g/mol. The Morgan fingerprint density at radius 1 is 1.08 bits per heavy atom. The topological polar surface area (TPSA) is 71.1 Å². The van der Waals surface area contributed by atoms with Crippen LogP contribution >= 0.6 is 0 Å². The number of aromatic nitrogens is 1. The van der Waals surface area contributed by atoms with Crippen molar-refractivity contribution >= 4 is 23.3 Å². The van der Waals surface area contributed by atoms with Gasteiger partial charge in [-0.15, -0.1) is 0 Å². The number of pyridine rings is 1. The number of hydrogen-bond acceptors (Lipinski definition) is 3. The van der Waals surface area contributed by atoms with Gasteiger partial charge in [0.1, 0.15) is 5.82 Å². The first-order valence-corrected chi connectivity index (χ1v) is 9.23. The minimum absolute atomic E-state index is 0.0532. The Kier molecular flexibility index (Phi) is 6.00. The van der Waals surface area contributed by atoms with Gasteiger partial charge in [0.2, 0.25) is 11.8 Å². The van der Waals surface area contributed by atoms with Crippen LogP contribution < -0.4 is 10.6 Å². The lowest BCUT2D eigenvalue weighted by atomic mass is 9.89. The van der Waals surface area contributed by atoms with E-state index in [0.29, 0.717) is 17.9 Å². The largest absolute Gasteiger partial charge is 0.324 e. The second-order valence-electron chi connectivity index (χ2n) is 6.92. The predicted molar refractivity (Wildman–Crippen MR) is 103 cm³/mol. The van der Waals surface area contributed by atoms with Gasteiger partial charge in [-0.25, -0.2) is 4.98 Å². The summed E-state index contributed by atoms with van der Waals surface area (Å²) in [5.41, 5.74) is 2.51. The molecule has 0 radical (unpaired) electrons. The summed E-state index contributed by atoms with van der Waals surface area (Å²) in [7, 11) is 0. The fraction of sp³-hybridized carbons (Fsp3) is 0.381. The summed E-state index contributed by atoms with van der Waals surface area (Å²) < 4.78 is 0. The number of carbonyl (C=O) groups is 2. The fourth-order valence-electron chi connectivity index (χ4n) is 3.32. The van der Waals surface area contributed by atoms with Crippen LogP contribution in [-0.2, 0) is 16.0 Å². The molecule has 1 aromatic carbocycles. The first-order chi connectivity index (χ1) is 12.6. The Morgan fingerprint density at radius 2 is 1.81 bits per heavy atom. The van der Waals surface area contributed by atoms with Crippen molar-refractivity contribution in [1.29, 1.82) is 0 Å². The lowest BCUT2D eigenvalue weighted by Gasteiger charge is -2.20. The molecule has 0 aliphatic heterocycles. The molecule has 1 aromatic heterocycles. The van der Waals surface area contributed by atoms with E-state index in [2.05, 4.69) is 15.6 Å². The van der Waals surface area contributed by atoms with Crippen LogP contribution in [0.1, 0.15) is 43.2 Å². The third-order valence-electron chi connectivity index (χ3n) is 4.82. The maximum atomic E-state index is 12.3. The van der Waals surface area contributed by atoms with Crippen LogP contribution in [0.15, 0.2) is 42.6 Å². The first kappa shape index (κ1) is 18.1. The molecule has 5 nitrogen and oxygen atoms in total. The van der Waals surface area contributed by atoms with Gasteiger partial charge in [0.15, 0.2) is 0 Å². The van der Waals surface area contributed by atoms with Gasteiger partial charge in [0, 0.05) is 5.92 Å². The van der Waals surface area contributed by atoms with E-state index in [9.17, 15) is 9.59 Å². The van der Waals surface area contributed by atoms with Crippen LogP contribution in [0.4, 0.5) is 11.5 Å². The molecule has 1 heterocycles. The number of rotatable bonds is 5. The Bertz CT molecular complexity index is 768. The zero-order valence-electron chi connectivity index (χ0n) is 15.1. The molecule has 1 aliphatic rings. The van der Waals surface area contributed by atoms with Gasteiger partial charge < -0.3 is 10.6 Å². The van der Waals surface area contributed by atoms with Crippen LogP contribution in [-0.4, -0.2) is 16.8 Å². The normalized spacial score (nSPS) is 14.7. The number of hydrogen-bond donors (Lipinski definition) is 2. The van der Waals surface area contributed by atoms with E-state index in [0.717, 1.165) is 36.8 Å². The highest BCUT2D eigenvalue weighted by molar-refractivity contribution is 5.94. The summed E-state index contributed by atoms with van der Waals surface area (Å²) in [6.07, 6.45) is 7.30. The van der Waals surface area contributed by atoms with E-state index < -0.39 is 0 Å². The van der Waals surface area contributed by atoms with Crippen molar-refractivity contribution in [2.75, 3.05) is 10.6 Å². The third kappa shape index (κ3) is 4.91. The molecule has 0 unspecified atom stereocenters. The molecule has 2 aromatic rings. The second kappa shape index (κ2) is 8.61. The van der Waals surface area contributed by atoms with Crippen molar-refractivity contribution < 1.29 is 9.59 Å². The van der Waals surface area contributed by atoms with Gasteiger partial charge in [-0.2, -0.15) is 0 Å². The van der Waals surface area contributed by atoms with Crippen molar-refractivity contribution in [3.8, 4) is 0 Å². The Labute approximate surface area is 154 Å². The standard InChI is InChI=1S/C21H25N3O2/c1-15-12-19(24-21(26)17-10-6-3-7-11-17)22-14-18(15)23-20(25)13-16-8-4-2-5-9-16/h2,4-5,8-9,12,14,17H,3,6-7,10-11,13H2,1H3,(H,23,25)(H,22,24,26). The summed E-state index contributed by atoms with van der Waals surface area (Å²) >= 11 is 0. The van der Waals surface area contributed by atoms with Crippen LogP contribution in [0.2, 0.25) is 0 Å². The summed E-state index contributed by atoms with van der Waals surface area (Å²) in [5, 5.41) is 5.80. The Hall–Kier alpha value is -2.69. The molecule has 136 valence electrons. The molecule has 1 fully saturated rings. The van der Waals surface area contributed by atoms with Gasteiger partial charge in [-0.05, 0) is 37.0 Å². The van der Waals surface area contributed by atoms with Crippen LogP contribution in [0.5, 0.6) is 0 Å². The second-order valence-corrected chi connectivity index (χ2v) is 6.92. The van der Waals surface area contributed by atoms with E-state index in [1.807, 2.05) is 37.3 Å². The van der Waals surface area contributed by atoms with E-state index >= 15 is 0 Å². The Balaban J connectivity index is 1.58. The molecule has 2 N–H and O–H groups in total. The van der Waals surface area contributed by atoms with E-state index in [4.69, 9.17) is 0 Å². The number of aryl methyl sites for hydroxylation is 1. The molecule has 26 heavy (non-hydrogen) atoms. The van der Waals surface area contributed by atoms with Crippen LogP contribution in [0.25, 0.3) is 0 Å². The molecule has 3 rings (SSSR count). The highest BCUT2D eigenvalue weighted by Gasteiger charge is 2.21. The van der Waals surface area contributed by atoms with Gasteiger partial charge in [0.05, 0.1) is 18.3 Å². The smallest absolute Gasteiger partial charge is 0.228 e. The number of nitrogens with one attached hydrogen (secondary N) is 2. The van der Waals surface area contributed by atoms with E-state index in [1.54, 1.807) is 12.3 Å². The van der Waals surface area contributed by atoms with E-state index in [-0.39, 0.29) is 17.7 Å². The summed E-state index contributed by atoms with van der Waals surface area (Å²) in [5.74, 6) is 0.604. The summed E-state index contributed by atoms with van der Waals surface area (Å²) in [6, 6.07) is 11.4. The van der Waals surface area contributed by atoms with Crippen molar-refractivity contribution in [3.05, 3.63) is 53.7 Å². The number of benzene rings is 1. The molecule has 0 bridgehead atoms. The third-order valence-corrected chi connectivity index (χ3v) is 4.82. The highest BCUT2D eigenvalue weighted by Crippen LogP contribution is 2.25. The summed E-state index contributed by atoms with van der Waals surface area (Å²) in [6.45, 7) is 1.90. The SMILES string of the molecule is Cc1cc(NC(=O)C2CCCCC2)ncc1NC(=O)Cc1ccccc1. The summed E-state index contributed by atoms with van der Waals surface area (Å²) in [4.78, 5) is 28.8. The molecule has 2 amide bonds. The lowest BCUT2D eigenvalue weighted by molar-refractivity contribution is -0.120. The molecule has 5 heteroatoms. The predicted octanol–water partition coefficient (Wildman–Crippen LogP) is 4.09. The van der Waals surface area contributed by atoms with Crippen molar-refractivity contribution in [1.82, 2.24) is 4.98 Å². The lowest BCUT2D eigenvalue weighted by Crippen LogP contribution is -2.25. The highest BCUT2D eigenvalue weighted by atomic mass is 16.2. The van der Waals surface area contributed by atoms with E-state index in [1.165, 1.54) is 6.42 Å². The molecular formula is C21H25N3O2. The maximum Gasteiger partial charge on any atom is 0.228 e. The average Bonchev–Trinajstić information content (AvgIpc) is 2.65.